The van der Waals surface area contributed by atoms with Crippen LogP contribution in [0.3, 0.4) is 0 Å². The molecule has 0 saturated heterocycles. The molecule has 1 atom stereocenters. The fraction of sp³-hybridized carbons (Fsp3) is 0.636. The number of carbonyl (C=O) groups excluding carboxylic acids is 1. The highest BCUT2D eigenvalue weighted by molar-refractivity contribution is 9.10. The summed E-state index contributed by atoms with van der Waals surface area (Å²) in [6, 6.07) is 0. The van der Waals surface area contributed by atoms with Gasteiger partial charge in [-0.25, -0.2) is 0 Å². The van der Waals surface area contributed by atoms with Gasteiger partial charge in [0.1, 0.15) is 0 Å². The molecule has 0 aliphatic heterocycles. The van der Waals surface area contributed by atoms with E-state index in [0.717, 1.165) is 24.1 Å². The van der Waals surface area contributed by atoms with Crippen molar-refractivity contribution in [2.45, 2.75) is 38.1 Å². The van der Waals surface area contributed by atoms with Crippen molar-refractivity contribution in [1.29, 1.82) is 0 Å². The van der Waals surface area contributed by atoms with E-state index >= 15 is 0 Å². The molecule has 16 heavy (non-hydrogen) atoms. The SMILES string of the molecule is CCc1nn(C)cc1CNC(=O)C(Br)CC. The molecule has 5 heteroatoms. The fourth-order valence-electron chi connectivity index (χ4n) is 1.51. The van der Waals surface area contributed by atoms with Gasteiger partial charge in [0.2, 0.25) is 5.91 Å². The number of hydrogen-bond donors (Lipinski definition) is 1. The van der Waals surface area contributed by atoms with Crippen LogP contribution in [0, 0.1) is 0 Å². The zero-order chi connectivity index (χ0) is 12.1. The smallest absolute Gasteiger partial charge is 0.234 e. The minimum Gasteiger partial charge on any atom is -0.351 e. The Morgan fingerprint density at radius 1 is 1.62 bits per heavy atom. The maximum atomic E-state index is 11.6. The van der Waals surface area contributed by atoms with Gasteiger partial charge >= 0.3 is 0 Å². The molecule has 1 N–H and O–H groups in total. The molecule has 1 aromatic heterocycles. The topological polar surface area (TPSA) is 46.9 Å². The number of aromatic nitrogens is 2. The first-order valence-electron chi connectivity index (χ1n) is 5.51. The van der Waals surface area contributed by atoms with Crippen molar-refractivity contribution in [1.82, 2.24) is 15.1 Å². The Morgan fingerprint density at radius 2 is 2.31 bits per heavy atom. The summed E-state index contributed by atoms with van der Waals surface area (Å²) in [4.78, 5) is 11.5. The third kappa shape index (κ3) is 3.33. The van der Waals surface area contributed by atoms with Gasteiger partial charge in [0, 0.05) is 25.4 Å². The van der Waals surface area contributed by atoms with Crippen LogP contribution in [0.15, 0.2) is 6.20 Å². The van der Waals surface area contributed by atoms with Gasteiger partial charge in [0.25, 0.3) is 0 Å². The largest absolute Gasteiger partial charge is 0.351 e. The van der Waals surface area contributed by atoms with E-state index in [0.29, 0.717) is 6.54 Å². The lowest BCUT2D eigenvalue weighted by atomic mass is 10.2. The molecule has 0 saturated carbocycles. The van der Waals surface area contributed by atoms with E-state index in [4.69, 9.17) is 0 Å². The molecule has 1 amide bonds. The normalized spacial score (nSPS) is 12.5. The van der Waals surface area contributed by atoms with Crippen LogP contribution in [0.5, 0.6) is 0 Å². The number of nitrogens with zero attached hydrogens (tertiary/aromatic N) is 2. The van der Waals surface area contributed by atoms with Crippen LogP contribution in [0.25, 0.3) is 0 Å². The first-order chi connectivity index (χ1) is 7.58. The molecule has 1 rings (SSSR count). The second-order valence-corrected chi connectivity index (χ2v) is 4.83. The minimum absolute atomic E-state index is 0.0356. The molecule has 0 spiro atoms. The fourth-order valence-corrected chi connectivity index (χ4v) is 1.67. The summed E-state index contributed by atoms with van der Waals surface area (Å²) in [7, 11) is 1.89. The van der Waals surface area contributed by atoms with Gasteiger partial charge in [-0.3, -0.25) is 9.48 Å². The number of hydrogen-bond acceptors (Lipinski definition) is 2. The Balaban J connectivity index is 2.57. The van der Waals surface area contributed by atoms with Gasteiger partial charge in [0.05, 0.1) is 10.5 Å². The van der Waals surface area contributed by atoms with E-state index in [1.54, 1.807) is 4.68 Å². The lowest BCUT2D eigenvalue weighted by molar-refractivity contribution is -0.120. The molecule has 0 aliphatic rings. The van der Waals surface area contributed by atoms with Crippen molar-refractivity contribution in [3.63, 3.8) is 0 Å². The highest BCUT2D eigenvalue weighted by atomic mass is 79.9. The lowest BCUT2D eigenvalue weighted by Crippen LogP contribution is -2.30. The highest BCUT2D eigenvalue weighted by Crippen LogP contribution is 2.08. The second-order valence-electron chi connectivity index (χ2n) is 3.72. The average Bonchev–Trinajstić information content (AvgIpc) is 2.65. The summed E-state index contributed by atoms with van der Waals surface area (Å²) in [5.41, 5.74) is 2.14. The number of halogens is 1. The van der Waals surface area contributed by atoms with E-state index < -0.39 is 0 Å². The van der Waals surface area contributed by atoms with Gasteiger partial charge in [0.15, 0.2) is 0 Å². The predicted octanol–water partition coefficient (Wildman–Crippen LogP) is 1.77. The first-order valence-corrected chi connectivity index (χ1v) is 6.43. The standard InChI is InChI=1S/C11H18BrN3O/c1-4-9(12)11(16)13-6-8-7-15(3)14-10(8)5-2/h7,9H,4-6H2,1-3H3,(H,13,16). The van der Waals surface area contributed by atoms with E-state index in [1.165, 1.54) is 0 Å². The Kier molecular flexibility index (Phi) is 4.99. The first kappa shape index (κ1) is 13.2. The Bertz CT molecular complexity index is 362. The van der Waals surface area contributed by atoms with Gasteiger partial charge in [-0.05, 0) is 12.8 Å². The van der Waals surface area contributed by atoms with Crippen molar-refractivity contribution in [2.24, 2.45) is 7.05 Å². The van der Waals surface area contributed by atoms with Gasteiger partial charge in [-0.1, -0.05) is 29.8 Å². The van der Waals surface area contributed by atoms with E-state index in [2.05, 4.69) is 33.3 Å². The van der Waals surface area contributed by atoms with E-state index in [1.807, 2.05) is 20.2 Å². The predicted molar refractivity (Wildman–Crippen MR) is 67.4 cm³/mol. The third-order valence-corrected chi connectivity index (χ3v) is 3.49. The lowest BCUT2D eigenvalue weighted by Gasteiger charge is -2.08. The van der Waals surface area contributed by atoms with Crippen molar-refractivity contribution < 1.29 is 4.79 Å². The van der Waals surface area contributed by atoms with Crippen LogP contribution in [0.1, 0.15) is 31.5 Å². The Hall–Kier alpha value is -0.840. The monoisotopic (exact) mass is 287 g/mol. The zero-order valence-corrected chi connectivity index (χ0v) is 11.5. The molecule has 1 heterocycles. The van der Waals surface area contributed by atoms with Gasteiger partial charge < -0.3 is 5.32 Å². The molecular formula is C11H18BrN3O. The van der Waals surface area contributed by atoms with Crippen LogP contribution in [-0.4, -0.2) is 20.5 Å². The summed E-state index contributed by atoms with van der Waals surface area (Å²) in [5.74, 6) is 0.0356. The van der Waals surface area contributed by atoms with Crippen molar-refractivity contribution in [3.8, 4) is 0 Å². The number of rotatable bonds is 5. The van der Waals surface area contributed by atoms with E-state index in [9.17, 15) is 4.79 Å². The molecule has 4 nitrogen and oxygen atoms in total. The second kappa shape index (κ2) is 6.03. The van der Waals surface area contributed by atoms with Crippen molar-refractivity contribution in [2.75, 3.05) is 0 Å². The summed E-state index contributed by atoms with van der Waals surface area (Å²) in [6.45, 7) is 4.59. The molecule has 0 fully saturated rings. The third-order valence-electron chi connectivity index (χ3n) is 2.42. The molecule has 0 aliphatic carbocycles. The number of amides is 1. The maximum Gasteiger partial charge on any atom is 0.234 e. The number of carbonyl (C=O) groups is 1. The van der Waals surface area contributed by atoms with Crippen LogP contribution in [0.2, 0.25) is 0 Å². The Morgan fingerprint density at radius 3 is 2.88 bits per heavy atom. The van der Waals surface area contributed by atoms with Crippen LogP contribution in [0.4, 0.5) is 0 Å². The molecule has 0 aromatic carbocycles. The van der Waals surface area contributed by atoms with Crippen molar-refractivity contribution in [3.05, 3.63) is 17.5 Å². The number of nitrogens with one attached hydrogen (secondary N) is 1. The molecule has 1 aromatic rings. The molecule has 0 radical (unpaired) electrons. The molecular weight excluding hydrogens is 270 g/mol. The highest BCUT2D eigenvalue weighted by Gasteiger charge is 2.13. The summed E-state index contributed by atoms with van der Waals surface area (Å²) in [6.07, 6.45) is 3.63. The Labute approximate surface area is 105 Å². The molecule has 1 unspecified atom stereocenters. The average molecular weight is 288 g/mol. The maximum absolute atomic E-state index is 11.6. The number of alkyl halides is 1. The summed E-state index contributed by atoms with van der Waals surface area (Å²) in [5, 5.41) is 7.22. The van der Waals surface area contributed by atoms with Crippen LogP contribution >= 0.6 is 15.9 Å². The summed E-state index contributed by atoms with van der Waals surface area (Å²) >= 11 is 3.32. The van der Waals surface area contributed by atoms with Gasteiger partial charge in [-0.2, -0.15) is 5.10 Å². The zero-order valence-electron chi connectivity index (χ0n) is 9.96. The quantitative estimate of drug-likeness (QED) is 0.839. The van der Waals surface area contributed by atoms with Gasteiger partial charge in [-0.15, -0.1) is 0 Å². The van der Waals surface area contributed by atoms with Crippen molar-refractivity contribution >= 4 is 21.8 Å². The van der Waals surface area contributed by atoms with Crippen LogP contribution < -0.4 is 5.32 Å². The van der Waals surface area contributed by atoms with E-state index in [-0.39, 0.29) is 10.7 Å². The number of aryl methyl sites for hydroxylation is 2. The molecule has 0 bridgehead atoms. The minimum atomic E-state index is -0.103. The summed E-state index contributed by atoms with van der Waals surface area (Å²) < 4.78 is 1.78. The van der Waals surface area contributed by atoms with Crippen LogP contribution in [-0.2, 0) is 24.8 Å². The molecule has 90 valence electrons.